The van der Waals surface area contributed by atoms with E-state index < -0.39 is 149 Å². The van der Waals surface area contributed by atoms with Crippen molar-refractivity contribution in [3.8, 4) is 0 Å². The molecule has 80 heavy (non-hydrogen) atoms. The molecule has 2 saturated carbocycles. The van der Waals surface area contributed by atoms with Crippen LogP contribution in [0.1, 0.15) is 51.4 Å². The summed E-state index contributed by atoms with van der Waals surface area (Å²) in [6.45, 7) is 61.6. The quantitative estimate of drug-likeness (QED) is 0.0421. The Kier molecular flexibility index (Phi) is 27.4. The molecule has 4 rings (SSSR count). The van der Waals surface area contributed by atoms with Crippen LogP contribution in [0.2, 0.25) is 202 Å². The van der Waals surface area contributed by atoms with Crippen LogP contribution in [-0.2, 0) is 75.3 Å². The van der Waals surface area contributed by atoms with Crippen molar-refractivity contribution in [2.24, 2.45) is 11.8 Å². The Balaban J connectivity index is 1.18. The van der Waals surface area contributed by atoms with Crippen LogP contribution in [0.3, 0.4) is 0 Å². The molecule has 18 nitrogen and oxygen atoms in total. The van der Waals surface area contributed by atoms with E-state index in [0.29, 0.717) is 24.4 Å². The van der Waals surface area contributed by atoms with Gasteiger partial charge in [0, 0.05) is 0 Å². The summed E-state index contributed by atoms with van der Waals surface area (Å²) in [5, 5.41) is 0. The highest BCUT2D eigenvalue weighted by molar-refractivity contribution is 6.94. The van der Waals surface area contributed by atoms with Crippen molar-refractivity contribution in [3.63, 3.8) is 0 Å². The summed E-state index contributed by atoms with van der Waals surface area (Å²) < 4.78 is 120. The first-order valence-electron chi connectivity index (χ1n) is 30.1. The Hall–Kier alpha value is 2.97. The summed E-state index contributed by atoms with van der Waals surface area (Å²) >= 11 is 0. The first-order chi connectivity index (χ1) is 35.8. The van der Waals surface area contributed by atoms with Crippen LogP contribution in [0.15, 0.2) is 0 Å². The van der Waals surface area contributed by atoms with Gasteiger partial charge in [-0.1, -0.05) is 12.8 Å². The number of fused-ring (bicyclic) bond motifs is 2. The van der Waals surface area contributed by atoms with E-state index >= 15 is 0 Å². The molecule has 2 heterocycles. The van der Waals surface area contributed by atoms with Crippen LogP contribution in [0, 0.1) is 11.8 Å². The molecule has 11 atom stereocenters. The van der Waals surface area contributed by atoms with Crippen molar-refractivity contribution in [2.45, 2.75) is 278 Å². The summed E-state index contributed by atoms with van der Waals surface area (Å²) in [7, 11) is -41.0. The average Bonchev–Trinajstić information content (AvgIpc) is 4.08. The molecule has 0 aromatic heterocycles. The minimum absolute atomic E-state index is 0.516. The standard InChI is InChI=1S/C45H118O18Si17/c1-64(48-65(2)50-67(4)52-69(6,7)36-34-40-30-32-42-44(38-40)46-42)49-66(3)51-68(5)53-71(10,11)55-73(14,15)57-75(18,19)59-77(22,23)61-79(26,27)63-80(28,29)62-78(24,25)60-76(20,21)58-74(16,17)56-72(12,13)54-70(8,9)37-35-41-31-33-43-45(39-41)47-43/h40-45,64-68H,30-39H2,1-29H3. The van der Waals surface area contributed by atoms with Gasteiger partial charge in [-0.05, 0) is 252 Å². The molecule has 0 bridgehead atoms. The van der Waals surface area contributed by atoms with Gasteiger partial charge >= 0.3 is 85.6 Å². The van der Waals surface area contributed by atoms with E-state index in [4.69, 9.17) is 75.3 Å². The van der Waals surface area contributed by atoms with Gasteiger partial charge in [-0.25, -0.2) is 0 Å². The minimum atomic E-state index is -2.81. The molecule has 0 aromatic carbocycles. The third-order valence-corrected chi connectivity index (χ3v) is 76.2. The highest BCUT2D eigenvalue weighted by Gasteiger charge is 2.52. The lowest BCUT2D eigenvalue weighted by atomic mass is 9.88. The van der Waals surface area contributed by atoms with Crippen LogP contribution < -0.4 is 0 Å². The largest absolute Gasteiger partial charge is 0.439 e. The van der Waals surface area contributed by atoms with Crippen molar-refractivity contribution >= 4 is 149 Å². The SMILES string of the molecule is C[SiH](O[SiH](C)O[SiH](C)O[Si](C)(C)CCC1CCC2OC2C1)O[SiH](C)O[SiH](C)O[Si](C)(C)O[Si](C)(C)O[Si](C)(C)O[Si](C)(C)O[Si](C)(C)O[Si](C)(C)O[Si](C)(C)O[Si](C)(C)O[Si](C)(C)O[Si](C)(C)O[Si](C)(C)CCC1CCC2OC2C1. The summed E-state index contributed by atoms with van der Waals surface area (Å²) in [6, 6.07) is 2.31. The lowest BCUT2D eigenvalue weighted by molar-refractivity contribution is 0.253. The number of rotatable bonds is 38. The van der Waals surface area contributed by atoms with Gasteiger partial charge in [0.15, 0.2) is 16.6 Å². The third kappa shape index (κ3) is 30.2. The van der Waals surface area contributed by atoms with E-state index in [0.717, 1.165) is 17.9 Å². The molecule has 0 aromatic rings. The van der Waals surface area contributed by atoms with Gasteiger partial charge in [0.25, 0.3) is 46.4 Å². The minimum Gasteiger partial charge on any atom is -0.439 e. The van der Waals surface area contributed by atoms with Crippen LogP contribution in [0.5, 0.6) is 0 Å². The van der Waals surface area contributed by atoms with Gasteiger partial charge in [0.1, 0.15) is 0 Å². The zero-order valence-corrected chi connectivity index (χ0v) is 73.5. The Morgan fingerprint density at radius 2 is 0.537 bits per heavy atom. The number of ether oxygens (including phenoxy) is 2. The molecular formula is C45H118O18Si17. The Morgan fingerprint density at radius 1 is 0.287 bits per heavy atom. The van der Waals surface area contributed by atoms with Gasteiger partial charge in [-0.15, -0.1) is 0 Å². The predicted octanol–water partition coefficient (Wildman–Crippen LogP) is 11.8. The smallest absolute Gasteiger partial charge is 0.314 e. The summed E-state index contributed by atoms with van der Waals surface area (Å²) in [4.78, 5) is 0. The average molecular weight is 1420 g/mol. The van der Waals surface area contributed by atoms with Gasteiger partial charge in [-0.2, -0.15) is 0 Å². The van der Waals surface area contributed by atoms with Crippen molar-refractivity contribution in [2.75, 3.05) is 0 Å². The highest BCUT2D eigenvalue weighted by Crippen LogP contribution is 2.43. The summed E-state index contributed by atoms with van der Waals surface area (Å²) in [5.41, 5.74) is 0. The number of epoxide rings is 2. The second kappa shape index (κ2) is 29.1. The van der Waals surface area contributed by atoms with Crippen LogP contribution >= 0.6 is 0 Å². The second-order valence-electron chi connectivity index (χ2n) is 29.0. The topological polar surface area (TPSA) is 173 Å². The van der Waals surface area contributed by atoms with E-state index in [1.165, 1.54) is 57.4 Å². The zero-order valence-electron chi connectivity index (χ0n) is 55.8. The lowest BCUT2D eigenvalue weighted by Gasteiger charge is -2.45. The van der Waals surface area contributed by atoms with E-state index in [1.807, 2.05) is 0 Å². The molecule has 0 radical (unpaired) electrons. The maximum absolute atomic E-state index is 6.97. The van der Waals surface area contributed by atoms with Gasteiger partial charge in [0.05, 0.1) is 24.4 Å². The van der Waals surface area contributed by atoms with E-state index in [1.54, 1.807) is 0 Å². The lowest BCUT2D eigenvalue weighted by Crippen LogP contribution is -2.62. The summed E-state index contributed by atoms with van der Waals surface area (Å²) in [6.07, 6.45) is 12.1. The van der Waals surface area contributed by atoms with E-state index in [2.05, 4.69) is 190 Å². The van der Waals surface area contributed by atoms with E-state index in [9.17, 15) is 0 Å². The predicted molar refractivity (Wildman–Crippen MR) is 363 cm³/mol. The van der Waals surface area contributed by atoms with Crippen molar-refractivity contribution in [1.29, 1.82) is 0 Å². The normalized spacial score (nSPS) is 25.2. The highest BCUT2D eigenvalue weighted by atomic mass is 28.5. The van der Waals surface area contributed by atoms with Gasteiger partial charge in [0.2, 0.25) is 0 Å². The fourth-order valence-corrected chi connectivity index (χ4v) is 88.9. The van der Waals surface area contributed by atoms with Gasteiger partial charge in [-0.3, -0.25) is 0 Å². The monoisotopic (exact) mass is 1420 g/mol. The molecule has 0 spiro atoms. The molecule has 2 aliphatic carbocycles. The molecule has 2 saturated heterocycles. The van der Waals surface area contributed by atoms with Crippen LogP contribution in [0.25, 0.3) is 0 Å². The molecular weight excluding hydrogens is 1310 g/mol. The molecule has 11 unspecified atom stereocenters. The number of hydrogen-bond acceptors (Lipinski definition) is 18. The Morgan fingerprint density at radius 3 is 0.838 bits per heavy atom. The first-order valence-corrected chi connectivity index (χ1v) is 75.0. The van der Waals surface area contributed by atoms with E-state index in [-0.39, 0.29) is 0 Å². The van der Waals surface area contributed by atoms with Crippen molar-refractivity contribution < 1.29 is 75.3 Å². The third-order valence-electron chi connectivity index (χ3n) is 13.9. The molecule has 474 valence electrons. The molecule has 4 fully saturated rings. The fourth-order valence-electron chi connectivity index (χ4n) is 13.0. The molecule has 0 amide bonds. The van der Waals surface area contributed by atoms with Crippen molar-refractivity contribution in [1.82, 2.24) is 0 Å². The second-order valence-corrected chi connectivity index (χ2v) is 85.1. The Bertz CT molecular complexity index is 1940. The maximum Gasteiger partial charge on any atom is 0.314 e. The number of hydrogen-bond donors (Lipinski definition) is 0. The molecule has 2 aliphatic heterocycles. The zero-order chi connectivity index (χ0) is 61.1. The molecule has 0 N–H and O–H groups in total. The summed E-state index contributed by atoms with van der Waals surface area (Å²) in [5.74, 6) is 1.53. The molecule has 4 aliphatic rings. The van der Waals surface area contributed by atoms with Crippen molar-refractivity contribution in [3.05, 3.63) is 0 Å². The fraction of sp³-hybridized carbons (Fsp3) is 1.00. The van der Waals surface area contributed by atoms with Crippen LogP contribution in [-0.4, -0.2) is 173 Å². The molecule has 35 heteroatoms. The maximum atomic E-state index is 6.97. The van der Waals surface area contributed by atoms with Gasteiger partial charge < -0.3 is 75.3 Å². The Labute approximate surface area is 509 Å². The first kappa shape index (κ1) is 75.4. The van der Waals surface area contributed by atoms with Crippen LogP contribution in [0.4, 0.5) is 0 Å².